The number of hydrogen-bond donors (Lipinski definition) is 1. The van der Waals surface area contributed by atoms with Gasteiger partial charge < -0.3 is 19.5 Å². The van der Waals surface area contributed by atoms with Crippen LogP contribution in [0, 0.1) is 5.82 Å². The number of nitrogens with one attached hydrogen (secondary N) is 1. The predicted octanol–water partition coefficient (Wildman–Crippen LogP) is 2.76. The van der Waals surface area contributed by atoms with Crippen LogP contribution in [0.25, 0.3) is 0 Å². The number of halogens is 2. The van der Waals surface area contributed by atoms with Gasteiger partial charge >= 0.3 is 0 Å². The van der Waals surface area contributed by atoms with Gasteiger partial charge in [0.2, 0.25) is 0 Å². The number of carbonyl (C=O) groups is 1. The van der Waals surface area contributed by atoms with E-state index in [1.165, 1.54) is 12.3 Å². The first kappa shape index (κ1) is 19.4. The van der Waals surface area contributed by atoms with Gasteiger partial charge in [-0.3, -0.25) is 9.79 Å². The highest BCUT2D eigenvalue weighted by Crippen LogP contribution is 2.16. The summed E-state index contributed by atoms with van der Waals surface area (Å²) in [5.74, 6) is 0.824. The summed E-state index contributed by atoms with van der Waals surface area (Å²) in [5.41, 5.74) is 0.654. The largest absolute Gasteiger partial charge is 0.459 e. The molecule has 0 aliphatic carbocycles. The molecule has 3 rings (SSSR count). The lowest BCUT2D eigenvalue weighted by Gasteiger charge is -2.36. The molecule has 2 heterocycles. The standard InChI is InChI=1S/C19H22BrFN4O2/c1-22-19(23-7-6-14-13-15(20)4-5-16(14)21)25-10-8-24(9-11-25)18(26)17-3-2-12-27-17/h2-5,12-13H,6-11H2,1H3,(H,22,23). The number of amides is 1. The quantitative estimate of drug-likeness (QED) is 0.591. The number of guanidine groups is 1. The van der Waals surface area contributed by atoms with Gasteiger partial charge in [0.05, 0.1) is 6.26 Å². The first-order chi connectivity index (χ1) is 13.1. The van der Waals surface area contributed by atoms with Crippen LogP contribution in [0.3, 0.4) is 0 Å². The molecular weight excluding hydrogens is 415 g/mol. The number of benzene rings is 1. The van der Waals surface area contributed by atoms with E-state index in [0.717, 1.165) is 10.4 Å². The molecule has 0 bridgehead atoms. The maximum Gasteiger partial charge on any atom is 0.289 e. The normalized spacial score (nSPS) is 15.1. The van der Waals surface area contributed by atoms with Gasteiger partial charge in [0.1, 0.15) is 5.82 Å². The zero-order valence-corrected chi connectivity index (χ0v) is 16.7. The zero-order chi connectivity index (χ0) is 19.2. The molecule has 0 saturated carbocycles. The average Bonchev–Trinajstić information content (AvgIpc) is 3.22. The molecule has 0 atom stereocenters. The molecule has 1 aromatic carbocycles. The molecule has 0 spiro atoms. The number of piperazine rings is 1. The first-order valence-electron chi connectivity index (χ1n) is 8.81. The molecule has 2 aromatic rings. The van der Waals surface area contributed by atoms with Crippen molar-refractivity contribution >= 4 is 27.8 Å². The second-order valence-corrected chi connectivity index (χ2v) is 7.13. The van der Waals surface area contributed by atoms with Crippen LogP contribution in [0.2, 0.25) is 0 Å². The molecule has 0 unspecified atom stereocenters. The lowest BCUT2D eigenvalue weighted by molar-refractivity contribution is 0.0658. The highest BCUT2D eigenvalue weighted by Gasteiger charge is 2.25. The Morgan fingerprint density at radius 1 is 1.26 bits per heavy atom. The average molecular weight is 437 g/mol. The molecule has 1 fully saturated rings. The van der Waals surface area contributed by atoms with E-state index in [1.807, 2.05) is 0 Å². The lowest BCUT2D eigenvalue weighted by Crippen LogP contribution is -2.54. The Kier molecular flexibility index (Phi) is 6.49. The Labute approximate surface area is 166 Å². The summed E-state index contributed by atoms with van der Waals surface area (Å²) in [4.78, 5) is 20.5. The van der Waals surface area contributed by atoms with E-state index < -0.39 is 0 Å². The Balaban J connectivity index is 1.49. The number of nitrogens with zero attached hydrogens (tertiary/aromatic N) is 3. The summed E-state index contributed by atoms with van der Waals surface area (Å²) in [5, 5.41) is 3.28. The van der Waals surface area contributed by atoms with Crippen molar-refractivity contribution in [1.29, 1.82) is 0 Å². The van der Waals surface area contributed by atoms with Crippen LogP contribution >= 0.6 is 15.9 Å². The summed E-state index contributed by atoms with van der Waals surface area (Å²) in [6.07, 6.45) is 2.06. The Morgan fingerprint density at radius 3 is 2.67 bits per heavy atom. The third-order valence-electron chi connectivity index (χ3n) is 4.50. The summed E-state index contributed by atoms with van der Waals surface area (Å²) >= 11 is 3.37. The summed E-state index contributed by atoms with van der Waals surface area (Å²) in [6, 6.07) is 8.33. The van der Waals surface area contributed by atoms with Crippen LogP contribution in [0.5, 0.6) is 0 Å². The Bertz CT molecular complexity index is 802. The maximum atomic E-state index is 13.8. The number of hydrogen-bond acceptors (Lipinski definition) is 3. The highest BCUT2D eigenvalue weighted by molar-refractivity contribution is 9.10. The molecule has 27 heavy (non-hydrogen) atoms. The van der Waals surface area contributed by atoms with Gasteiger partial charge in [0, 0.05) is 44.2 Å². The molecule has 144 valence electrons. The molecule has 1 saturated heterocycles. The van der Waals surface area contributed by atoms with Crippen molar-refractivity contribution < 1.29 is 13.6 Å². The van der Waals surface area contributed by atoms with Crippen LogP contribution in [-0.2, 0) is 6.42 Å². The SMILES string of the molecule is CN=C(NCCc1cc(Br)ccc1F)N1CCN(C(=O)c2ccco2)CC1. The van der Waals surface area contributed by atoms with Gasteiger partial charge in [0.25, 0.3) is 5.91 Å². The molecule has 1 aliphatic heterocycles. The topological polar surface area (TPSA) is 61.1 Å². The van der Waals surface area contributed by atoms with Gasteiger partial charge in [0.15, 0.2) is 11.7 Å². The van der Waals surface area contributed by atoms with Gasteiger partial charge in [-0.15, -0.1) is 0 Å². The highest BCUT2D eigenvalue weighted by atomic mass is 79.9. The van der Waals surface area contributed by atoms with Crippen LogP contribution < -0.4 is 5.32 Å². The minimum atomic E-state index is -0.208. The summed E-state index contributed by atoms with van der Waals surface area (Å²) in [6.45, 7) is 3.13. The first-order valence-corrected chi connectivity index (χ1v) is 9.60. The van der Waals surface area contributed by atoms with Crippen molar-refractivity contribution in [3.8, 4) is 0 Å². The maximum absolute atomic E-state index is 13.8. The van der Waals surface area contributed by atoms with E-state index in [2.05, 4.69) is 31.1 Å². The number of furan rings is 1. The molecule has 6 nitrogen and oxygen atoms in total. The molecule has 1 aromatic heterocycles. The number of rotatable bonds is 4. The molecule has 0 radical (unpaired) electrons. The third-order valence-corrected chi connectivity index (χ3v) is 4.99. The van der Waals surface area contributed by atoms with Crippen molar-refractivity contribution in [3.63, 3.8) is 0 Å². The third kappa shape index (κ3) is 4.88. The minimum Gasteiger partial charge on any atom is -0.459 e. The predicted molar refractivity (Wildman–Crippen MR) is 105 cm³/mol. The van der Waals surface area contributed by atoms with Crippen LogP contribution in [0.1, 0.15) is 16.1 Å². The fourth-order valence-corrected chi connectivity index (χ4v) is 3.46. The van der Waals surface area contributed by atoms with E-state index in [1.54, 1.807) is 36.2 Å². The van der Waals surface area contributed by atoms with Gasteiger partial charge in [-0.2, -0.15) is 0 Å². The van der Waals surface area contributed by atoms with Crippen molar-refractivity contribution in [2.45, 2.75) is 6.42 Å². The van der Waals surface area contributed by atoms with Gasteiger partial charge in [-0.1, -0.05) is 15.9 Å². The van der Waals surface area contributed by atoms with Crippen molar-refractivity contribution in [2.75, 3.05) is 39.8 Å². The van der Waals surface area contributed by atoms with Crippen molar-refractivity contribution in [2.24, 2.45) is 4.99 Å². The molecule has 1 amide bonds. The number of aliphatic imine (C=N–C) groups is 1. The lowest BCUT2D eigenvalue weighted by atomic mass is 10.1. The Hall–Kier alpha value is -2.35. The smallest absolute Gasteiger partial charge is 0.289 e. The summed E-state index contributed by atoms with van der Waals surface area (Å²) in [7, 11) is 1.72. The Morgan fingerprint density at radius 2 is 2.00 bits per heavy atom. The van der Waals surface area contributed by atoms with E-state index in [0.29, 0.717) is 50.5 Å². The van der Waals surface area contributed by atoms with Crippen LogP contribution in [0.4, 0.5) is 4.39 Å². The van der Waals surface area contributed by atoms with E-state index in [4.69, 9.17) is 4.42 Å². The molecule has 8 heteroatoms. The fraction of sp³-hybridized carbons (Fsp3) is 0.368. The monoisotopic (exact) mass is 436 g/mol. The van der Waals surface area contributed by atoms with E-state index in [9.17, 15) is 9.18 Å². The fourth-order valence-electron chi connectivity index (χ4n) is 3.05. The zero-order valence-electron chi connectivity index (χ0n) is 15.1. The second-order valence-electron chi connectivity index (χ2n) is 6.22. The van der Waals surface area contributed by atoms with Gasteiger partial charge in [-0.25, -0.2) is 4.39 Å². The molecule has 1 aliphatic rings. The molecule has 1 N–H and O–H groups in total. The van der Waals surface area contributed by atoms with Crippen molar-refractivity contribution in [3.05, 3.63) is 58.2 Å². The minimum absolute atomic E-state index is 0.0901. The van der Waals surface area contributed by atoms with Gasteiger partial charge in [-0.05, 0) is 42.3 Å². The second kappa shape index (κ2) is 9.03. The molecular formula is C19H22BrFN4O2. The van der Waals surface area contributed by atoms with Crippen LogP contribution in [-0.4, -0.2) is 61.4 Å². The van der Waals surface area contributed by atoms with Crippen molar-refractivity contribution in [1.82, 2.24) is 15.1 Å². The van der Waals surface area contributed by atoms with E-state index >= 15 is 0 Å². The van der Waals surface area contributed by atoms with E-state index in [-0.39, 0.29) is 11.7 Å². The number of carbonyl (C=O) groups excluding carboxylic acids is 1. The van der Waals surface area contributed by atoms with Crippen LogP contribution in [0.15, 0.2) is 50.5 Å². The summed E-state index contributed by atoms with van der Waals surface area (Å²) < 4.78 is 19.9.